The predicted molar refractivity (Wildman–Crippen MR) is 231 cm³/mol. The Morgan fingerprint density at radius 1 is 0.491 bits per heavy atom. The quantitative estimate of drug-likeness (QED) is 0.176. The Morgan fingerprint density at radius 2 is 1.14 bits per heavy atom. The Hall–Kier alpha value is -7.70. The molecule has 1 unspecified atom stereocenters. The van der Waals surface area contributed by atoms with Gasteiger partial charge in [0.25, 0.3) is 0 Å². The fourth-order valence-electron chi connectivity index (χ4n) is 7.96. The summed E-state index contributed by atoms with van der Waals surface area (Å²) in [6.07, 6.45) is 4.14. The van der Waals surface area contributed by atoms with Gasteiger partial charge in [0.2, 0.25) is 5.89 Å². The molecule has 0 aliphatic carbocycles. The molecule has 1 atom stereocenters. The second-order valence-corrected chi connectivity index (χ2v) is 14.3. The van der Waals surface area contributed by atoms with Gasteiger partial charge >= 0.3 is 0 Å². The van der Waals surface area contributed by atoms with E-state index in [-0.39, 0.29) is 6.04 Å². The van der Waals surface area contributed by atoms with Crippen LogP contribution in [0.4, 0.5) is 22.7 Å². The third-order valence-corrected chi connectivity index (χ3v) is 10.8. The smallest absolute Gasteiger partial charge is 0.227 e. The summed E-state index contributed by atoms with van der Waals surface area (Å²) in [5.41, 5.74) is 15.0. The monoisotopic (exact) mass is 734 g/mol. The molecule has 0 amide bonds. The van der Waals surface area contributed by atoms with Gasteiger partial charge in [-0.25, -0.2) is 4.98 Å². The predicted octanol–water partition coefficient (Wildman–Crippen LogP) is 13.5. The number of rotatable bonds is 7. The number of para-hydroxylation sites is 3. The number of nitrogens with one attached hydrogen (secondary N) is 1. The van der Waals surface area contributed by atoms with E-state index in [4.69, 9.17) is 18.8 Å². The molecule has 0 saturated heterocycles. The van der Waals surface area contributed by atoms with Crippen molar-refractivity contribution < 1.29 is 8.83 Å². The summed E-state index contributed by atoms with van der Waals surface area (Å²) in [7, 11) is 0. The van der Waals surface area contributed by atoms with Gasteiger partial charge in [0.1, 0.15) is 16.7 Å². The van der Waals surface area contributed by atoms with E-state index in [2.05, 4.69) is 150 Å². The summed E-state index contributed by atoms with van der Waals surface area (Å²) >= 11 is 0. The third-order valence-electron chi connectivity index (χ3n) is 10.8. The Balaban J connectivity index is 0.955. The Kier molecular flexibility index (Phi) is 7.78. The highest BCUT2D eigenvalue weighted by Gasteiger charge is 2.23. The van der Waals surface area contributed by atoms with E-state index in [0.29, 0.717) is 5.89 Å². The van der Waals surface area contributed by atoms with Crippen molar-refractivity contribution in [2.75, 3.05) is 10.2 Å². The second-order valence-electron chi connectivity index (χ2n) is 14.3. The largest absolute Gasteiger partial charge is 0.456 e. The number of anilines is 4. The molecule has 1 aliphatic rings. The SMILES string of the molecule is C1=C(c2ccccc2)c2ncccc2NC1c1ccc(N(c2ccc(-c3ccc4c(c3)oc3ccccc34)cc2)c2ccc(-c3nc4ccccc4o3)cc2)cc1. The summed E-state index contributed by atoms with van der Waals surface area (Å²) in [6, 6.07) is 63.0. The lowest BCUT2D eigenvalue weighted by atomic mass is 9.92. The molecule has 6 heteroatoms. The van der Waals surface area contributed by atoms with Crippen LogP contribution in [0.2, 0.25) is 0 Å². The highest BCUT2D eigenvalue weighted by atomic mass is 16.3. The topological polar surface area (TPSA) is 67.3 Å². The first-order chi connectivity index (χ1) is 28.2. The summed E-state index contributed by atoms with van der Waals surface area (Å²) in [4.78, 5) is 11.8. The van der Waals surface area contributed by atoms with Gasteiger partial charge in [0, 0.05) is 45.2 Å². The van der Waals surface area contributed by atoms with Crippen LogP contribution in [0.5, 0.6) is 0 Å². The van der Waals surface area contributed by atoms with Crippen LogP contribution >= 0.6 is 0 Å². The molecule has 4 heterocycles. The lowest BCUT2D eigenvalue weighted by molar-refractivity contribution is 0.620. The maximum absolute atomic E-state index is 6.22. The van der Waals surface area contributed by atoms with Gasteiger partial charge in [-0.2, -0.15) is 0 Å². The highest BCUT2D eigenvalue weighted by Crippen LogP contribution is 2.41. The van der Waals surface area contributed by atoms with Gasteiger partial charge in [0.05, 0.1) is 17.4 Å². The number of nitrogens with zero attached hydrogens (tertiary/aromatic N) is 3. The van der Waals surface area contributed by atoms with Gasteiger partial charge in [-0.3, -0.25) is 4.98 Å². The minimum Gasteiger partial charge on any atom is -0.456 e. The fourth-order valence-corrected chi connectivity index (χ4v) is 7.96. The zero-order valence-electron chi connectivity index (χ0n) is 30.7. The molecule has 1 aliphatic heterocycles. The molecule has 7 aromatic carbocycles. The van der Waals surface area contributed by atoms with E-state index >= 15 is 0 Å². The molecule has 1 N–H and O–H groups in total. The molecule has 0 saturated carbocycles. The summed E-state index contributed by atoms with van der Waals surface area (Å²) in [6.45, 7) is 0. The van der Waals surface area contributed by atoms with Crippen molar-refractivity contribution in [3.63, 3.8) is 0 Å². The normalized spacial score (nSPS) is 13.7. The van der Waals surface area contributed by atoms with E-state index in [9.17, 15) is 0 Å². The number of hydrogen-bond acceptors (Lipinski definition) is 6. The van der Waals surface area contributed by atoms with Gasteiger partial charge in [-0.15, -0.1) is 0 Å². The number of benzene rings is 7. The first kappa shape index (κ1) is 32.7. The van der Waals surface area contributed by atoms with Crippen LogP contribution < -0.4 is 10.2 Å². The van der Waals surface area contributed by atoms with Crippen LogP contribution in [0.25, 0.3) is 61.2 Å². The van der Waals surface area contributed by atoms with Crippen LogP contribution in [0, 0.1) is 0 Å². The van der Waals surface area contributed by atoms with Gasteiger partial charge < -0.3 is 19.1 Å². The number of pyridine rings is 1. The Morgan fingerprint density at radius 3 is 1.91 bits per heavy atom. The molecule has 11 rings (SSSR count). The van der Waals surface area contributed by atoms with Crippen LogP contribution in [-0.4, -0.2) is 9.97 Å². The van der Waals surface area contributed by atoms with Crippen molar-refractivity contribution in [1.29, 1.82) is 0 Å². The summed E-state index contributed by atoms with van der Waals surface area (Å²) < 4.78 is 12.3. The Bertz CT molecular complexity index is 3060. The molecule has 0 spiro atoms. The van der Waals surface area contributed by atoms with Crippen molar-refractivity contribution >= 4 is 61.4 Å². The van der Waals surface area contributed by atoms with Crippen LogP contribution in [0.15, 0.2) is 203 Å². The van der Waals surface area contributed by atoms with E-state index in [1.807, 2.05) is 54.7 Å². The van der Waals surface area contributed by atoms with Gasteiger partial charge in [-0.1, -0.05) is 91.0 Å². The minimum atomic E-state index is -0.0293. The average Bonchev–Trinajstić information content (AvgIpc) is 3.89. The lowest BCUT2D eigenvalue weighted by Crippen LogP contribution is -2.16. The summed E-state index contributed by atoms with van der Waals surface area (Å²) in [5, 5.41) is 5.98. The van der Waals surface area contributed by atoms with E-state index in [1.54, 1.807) is 0 Å². The van der Waals surface area contributed by atoms with Crippen LogP contribution in [0.1, 0.15) is 22.9 Å². The number of oxazole rings is 1. The molecule has 3 aromatic heterocycles. The number of furan rings is 1. The maximum Gasteiger partial charge on any atom is 0.227 e. The maximum atomic E-state index is 6.22. The van der Waals surface area contributed by atoms with Crippen LogP contribution in [0.3, 0.4) is 0 Å². The zero-order chi connectivity index (χ0) is 37.7. The average molecular weight is 735 g/mol. The lowest BCUT2D eigenvalue weighted by Gasteiger charge is -2.28. The number of fused-ring (bicyclic) bond motifs is 5. The standard InChI is InChI=1S/C51H34N4O2/c1-2-9-34(10-3-1)43-32-46(53-45-13-8-30-52-50(43)45)35-18-25-39(26-19-35)55(40-27-20-36(21-28-40)51-54-44-12-5-7-15-48(44)57-51)38-23-16-33(17-24-38)37-22-29-42-41-11-4-6-14-47(41)56-49(42)31-37/h1-32,46,53H. The van der Waals surface area contributed by atoms with Crippen LogP contribution in [-0.2, 0) is 0 Å². The Labute approximate surface area is 329 Å². The van der Waals surface area contributed by atoms with Gasteiger partial charge in [-0.05, 0) is 119 Å². The van der Waals surface area contributed by atoms with Gasteiger partial charge in [0.15, 0.2) is 5.58 Å². The zero-order valence-corrected chi connectivity index (χ0v) is 30.7. The van der Waals surface area contributed by atoms with E-state index in [0.717, 1.165) is 94.9 Å². The van der Waals surface area contributed by atoms with E-state index in [1.165, 1.54) is 0 Å². The summed E-state index contributed by atoms with van der Waals surface area (Å²) in [5.74, 6) is 0.601. The minimum absolute atomic E-state index is 0.0293. The number of hydrogen-bond donors (Lipinski definition) is 1. The molecule has 0 bridgehead atoms. The molecule has 6 nitrogen and oxygen atoms in total. The molecular weight excluding hydrogens is 701 g/mol. The van der Waals surface area contributed by atoms with Crippen molar-refractivity contribution in [2.24, 2.45) is 0 Å². The second kappa shape index (κ2) is 13.6. The van der Waals surface area contributed by atoms with Crippen molar-refractivity contribution in [1.82, 2.24) is 9.97 Å². The third kappa shape index (κ3) is 5.92. The highest BCUT2D eigenvalue weighted by molar-refractivity contribution is 6.06. The molecule has 0 fully saturated rings. The van der Waals surface area contributed by atoms with Crippen molar-refractivity contribution in [2.45, 2.75) is 6.04 Å². The number of aromatic nitrogens is 2. The molecule has 0 radical (unpaired) electrons. The first-order valence-corrected chi connectivity index (χ1v) is 19.1. The molecule has 270 valence electrons. The van der Waals surface area contributed by atoms with E-state index < -0.39 is 0 Å². The molecule has 10 aromatic rings. The van der Waals surface area contributed by atoms with Crippen molar-refractivity contribution in [3.05, 3.63) is 211 Å². The fraction of sp³-hybridized carbons (Fsp3) is 0.0196. The molecular formula is C51H34N4O2. The molecule has 57 heavy (non-hydrogen) atoms. The van der Waals surface area contributed by atoms with Crippen molar-refractivity contribution in [3.8, 4) is 22.6 Å². The first-order valence-electron chi connectivity index (χ1n) is 19.1.